The minimum atomic E-state index is -0.180. The summed E-state index contributed by atoms with van der Waals surface area (Å²) in [5, 5.41) is 3.44. The highest BCUT2D eigenvalue weighted by molar-refractivity contribution is 9.10. The molecular formula is C20H24BrFN2O. The number of benzene rings is 2. The third kappa shape index (κ3) is 4.81. The second-order valence-electron chi connectivity index (χ2n) is 6.40. The topological polar surface area (TPSA) is 24.5 Å². The average molecular weight is 407 g/mol. The van der Waals surface area contributed by atoms with E-state index in [9.17, 15) is 4.39 Å². The summed E-state index contributed by atoms with van der Waals surface area (Å²) in [6, 6.07) is 13.7. The largest absolute Gasteiger partial charge is 0.497 e. The van der Waals surface area contributed by atoms with Crippen molar-refractivity contribution in [2.75, 3.05) is 26.7 Å². The van der Waals surface area contributed by atoms with Gasteiger partial charge in [0.1, 0.15) is 11.6 Å². The van der Waals surface area contributed by atoms with Crippen molar-refractivity contribution in [3.63, 3.8) is 0 Å². The van der Waals surface area contributed by atoms with Crippen molar-refractivity contribution in [3.8, 4) is 5.75 Å². The number of nitrogens with zero attached hydrogens (tertiary/aromatic N) is 1. The Morgan fingerprint density at radius 1 is 1.20 bits per heavy atom. The summed E-state index contributed by atoms with van der Waals surface area (Å²) in [7, 11) is 1.69. The summed E-state index contributed by atoms with van der Waals surface area (Å²) in [5.41, 5.74) is 1.93. The highest BCUT2D eigenvalue weighted by atomic mass is 79.9. The summed E-state index contributed by atoms with van der Waals surface area (Å²) in [4.78, 5) is 2.50. The lowest BCUT2D eigenvalue weighted by atomic mass is 10.0. The molecule has 1 N–H and O–H groups in total. The predicted molar refractivity (Wildman–Crippen MR) is 102 cm³/mol. The molecule has 5 heteroatoms. The normalized spacial score (nSPS) is 16.1. The van der Waals surface area contributed by atoms with Crippen LogP contribution in [0.25, 0.3) is 0 Å². The van der Waals surface area contributed by atoms with Crippen LogP contribution >= 0.6 is 15.9 Å². The zero-order chi connectivity index (χ0) is 17.6. The highest BCUT2D eigenvalue weighted by Gasteiger charge is 2.23. The number of nitrogens with one attached hydrogen (secondary N) is 1. The van der Waals surface area contributed by atoms with Gasteiger partial charge < -0.3 is 10.1 Å². The lowest BCUT2D eigenvalue weighted by Crippen LogP contribution is -2.34. The summed E-state index contributed by atoms with van der Waals surface area (Å²) in [6.45, 7) is 3.52. The quantitative estimate of drug-likeness (QED) is 0.730. The Kier molecular flexibility index (Phi) is 6.45. The molecule has 1 unspecified atom stereocenters. The van der Waals surface area contributed by atoms with Crippen molar-refractivity contribution in [1.82, 2.24) is 10.2 Å². The van der Waals surface area contributed by atoms with Gasteiger partial charge in [-0.1, -0.05) is 34.1 Å². The molecule has 0 saturated carbocycles. The number of hydrogen-bond acceptors (Lipinski definition) is 3. The van der Waals surface area contributed by atoms with E-state index in [1.54, 1.807) is 7.11 Å². The maximum Gasteiger partial charge on any atom is 0.128 e. The second-order valence-corrected chi connectivity index (χ2v) is 7.32. The minimum Gasteiger partial charge on any atom is -0.497 e. The van der Waals surface area contributed by atoms with E-state index in [0.717, 1.165) is 29.9 Å². The predicted octanol–water partition coefficient (Wildman–Crippen LogP) is 4.52. The number of hydrogen-bond donors (Lipinski definition) is 1. The van der Waals surface area contributed by atoms with E-state index in [1.807, 2.05) is 24.3 Å². The molecule has 2 aromatic carbocycles. The molecule has 0 aliphatic carbocycles. The van der Waals surface area contributed by atoms with Crippen LogP contribution in [-0.2, 0) is 6.54 Å². The molecule has 1 heterocycles. The molecular weight excluding hydrogens is 383 g/mol. The van der Waals surface area contributed by atoms with Crippen molar-refractivity contribution in [2.24, 2.45) is 0 Å². The molecule has 3 rings (SSSR count). The first-order chi connectivity index (χ1) is 12.2. The van der Waals surface area contributed by atoms with Gasteiger partial charge in [0.15, 0.2) is 0 Å². The van der Waals surface area contributed by atoms with Crippen LogP contribution in [0.3, 0.4) is 0 Å². The maximum atomic E-state index is 14.0. The molecule has 0 aromatic heterocycles. The Labute approximate surface area is 157 Å². The minimum absolute atomic E-state index is 0.180. The van der Waals surface area contributed by atoms with E-state index in [0.29, 0.717) is 12.1 Å². The third-order valence-corrected chi connectivity index (χ3v) is 5.22. The van der Waals surface area contributed by atoms with Crippen molar-refractivity contribution < 1.29 is 9.13 Å². The molecule has 2 aromatic rings. The van der Waals surface area contributed by atoms with Gasteiger partial charge >= 0.3 is 0 Å². The third-order valence-electron chi connectivity index (χ3n) is 4.73. The van der Waals surface area contributed by atoms with E-state index in [-0.39, 0.29) is 11.9 Å². The van der Waals surface area contributed by atoms with Gasteiger partial charge in [-0.3, -0.25) is 4.90 Å². The van der Waals surface area contributed by atoms with Crippen LogP contribution in [0.1, 0.15) is 30.0 Å². The first-order valence-corrected chi connectivity index (χ1v) is 9.49. The van der Waals surface area contributed by atoms with Gasteiger partial charge in [-0.05, 0) is 55.8 Å². The SMILES string of the molecule is COc1cccc(C(CNCc2ccc(Br)cc2F)N2CCCC2)c1. The number of rotatable bonds is 7. The number of halogens is 2. The van der Waals surface area contributed by atoms with Gasteiger partial charge in [0.2, 0.25) is 0 Å². The van der Waals surface area contributed by atoms with Crippen molar-refractivity contribution >= 4 is 15.9 Å². The van der Waals surface area contributed by atoms with Crippen molar-refractivity contribution in [1.29, 1.82) is 0 Å². The van der Waals surface area contributed by atoms with Crippen LogP contribution in [0.2, 0.25) is 0 Å². The zero-order valence-electron chi connectivity index (χ0n) is 14.5. The van der Waals surface area contributed by atoms with Gasteiger partial charge in [-0.15, -0.1) is 0 Å². The number of ether oxygens (including phenoxy) is 1. The Morgan fingerprint density at radius 2 is 2.00 bits per heavy atom. The van der Waals surface area contributed by atoms with Crippen molar-refractivity contribution in [2.45, 2.75) is 25.4 Å². The van der Waals surface area contributed by atoms with Crippen LogP contribution in [-0.4, -0.2) is 31.6 Å². The van der Waals surface area contributed by atoms with E-state index < -0.39 is 0 Å². The lowest BCUT2D eigenvalue weighted by molar-refractivity contribution is 0.237. The van der Waals surface area contributed by atoms with Gasteiger partial charge in [0.25, 0.3) is 0 Å². The molecule has 0 spiro atoms. The van der Waals surface area contributed by atoms with Crippen LogP contribution < -0.4 is 10.1 Å². The molecule has 3 nitrogen and oxygen atoms in total. The fourth-order valence-electron chi connectivity index (χ4n) is 3.37. The second kappa shape index (κ2) is 8.79. The first-order valence-electron chi connectivity index (χ1n) is 8.70. The molecule has 1 aliphatic heterocycles. The highest BCUT2D eigenvalue weighted by Crippen LogP contribution is 2.27. The first kappa shape index (κ1) is 18.4. The van der Waals surface area contributed by atoms with Gasteiger partial charge in [0.05, 0.1) is 7.11 Å². The van der Waals surface area contributed by atoms with Gasteiger partial charge in [-0.25, -0.2) is 4.39 Å². The Balaban J connectivity index is 1.69. The monoisotopic (exact) mass is 406 g/mol. The molecule has 1 atom stereocenters. The molecule has 0 bridgehead atoms. The summed E-state index contributed by atoms with van der Waals surface area (Å²) >= 11 is 3.30. The Hall–Kier alpha value is -1.43. The molecule has 1 aliphatic rings. The molecule has 134 valence electrons. The van der Waals surface area contributed by atoms with E-state index in [2.05, 4.69) is 38.3 Å². The van der Waals surface area contributed by atoms with Crippen LogP contribution in [0.4, 0.5) is 4.39 Å². The summed E-state index contributed by atoms with van der Waals surface area (Å²) in [5.74, 6) is 0.696. The molecule has 0 radical (unpaired) electrons. The number of likely N-dealkylation sites (tertiary alicyclic amines) is 1. The molecule has 1 fully saturated rings. The Bertz CT molecular complexity index is 704. The summed E-state index contributed by atoms with van der Waals surface area (Å²) < 4.78 is 20.1. The molecule has 25 heavy (non-hydrogen) atoms. The molecule has 1 saturated heterocycles. The fourth-order valence-corrected chi connectivity index (χ4v) is 3.70. The smallest absolute Gasteiger partial charge is 0.128 e. The van der Waals surface area contributed by atoms with Gasteiger partial charge in [-0.2, -0.15) is 0 Å². The number of methoxy groups -OCH3 is 1. The lowest BCUT2D eigenvalue weighted by Gasteiger charge is -2.28. The maximum absolute atomic E-state index is 14.0. The van der Waals surface area contributed by atoms with E-state index >= 15 is 0 Å². The average Bonchev–Trinajstić information content (AvgIpc) is 3.14. The standard InChI is InChI=1S/C20H24BrFN2O/c1-25-18-6-4-5-15(11-18)20(24-9-2-3-10-24)14-23-13-16-7-8-17(21)12-19(16)22/h4-8,11-12,20,23H,2-3,9-10,13-14H2,1H3. The van der Waals surface area contributed by atoms with Crippen LogP contribution in [0.15, 0.2) is 46.9 Å². The van der Waals surface area contributed by atoms with Crippen molar-refractivity contribution in [3.05, 3.63) is 63.9 Å². The Morgan fingerprint density at radius 3 is 2.72 bits per heavy atom. The summed E-state index contributed by atoms with van der Waals surface area (Å²) in [6.07, 6.45) is 2.48. The van der Waals surface area contributed by atoms with Crippen LogP contribution in [0, 0.1) is 5.82 Å². The van der Waals surface area contributed by atoms with Crippen LogP contribution in [0.5, 0.6) is 5.75 Å². The van der Waals surface area contributed by atoms with E-state index in [4.69, 9.17) is 4.74 Å². The van der Waals surface area contributed by atoms with E-state index in [1.165, 1.54) is 24.5 Å². The fraction of sp³-hybridized carbons (Fsp3) is 0.400. The molecule has 0 amide bonds. The van der Waals surface area contributed by atoms with Gasteiger partial charge in [0, 0.05) is 29.2 Å². The zero-order valence-corrected chi connectivity index (χ0v) is 16.1.